The van der Waals surface area contributed by atoms with Crippen LogP contribution in [0.4, 0.5) is 0 Å². The van der Waals surface area contributed by atoms with E-state index in [4.69, 9.17) is 5.11 Å². The Morgan fingerprint density at radius 1 is 1.25 bits per heavy atom. The molecule has 0 fully saturated rings. The maximum Gasteiger partial charge on any atom is 0.316 e. The van der Waals surface area contributed by atoms with Crippen LogP contribution in [0.25, 0.3) is 0 Å². The molecule has 0 aliphatic carbocycles. The van der Waals surface area contributed by atoms with E-state index in [1.165, 1.54) is 0 Å². The summed E-state index contributed by atoms with van der Waals surface area (Å²) in [4.78, 5) is 0. The Hall–Kier alpha value is 1.25. The first kappa shape index (κ1) is 18.7. The first-order chi connectivity index (χ1) is 1.00. The van der Waals surface area contributed by atoms with E-state index in [1.807, 2.05) is 0 Å². The average Bonchev–Trinajstić information content (AvgIpc) is 1.00. The molecule has 29 valence electrons. The minimum absolute atomic E-state index is 0. The van der Waals surface area contributed by atoms with E-state index in [-0.39, 0.29) is 40.1 Å². The summed E-state index contributed by atoms with van der Waals surface area (Å²) in [6.07, 6.45) is 0. The van der Waals surface area contributed by atoms with Gasteiger partial charge in [-0.1, -0.05) is 0 Å². The molecular weight excluding hydrogens is 116 g/mol. The third-order valence-corrected chi connectivity index (χ3v) is 0. The van der Waals surface area contributed by atoms with E-state index >= 15 is 0 Å². The standard InChI is InChI=1S/CH4O.Cu.Mg.2H/c1-2;;;;/h2H,1H3;;;;. The van der Waals surface area contributed by atoms with E-state index in [0.717, 1.165) is 7.11 Å². The molecule has 0 aromatic rings. The van der Waals surface area contributed by atoms with Crippen molar-refractivity contribution in [3.05, 3.63) is 0 Å². The van der Waals surface area contributed by atoms with Crippen LogP contribution in [-0.2, 0) is 17.1 Å². The summed E-state index contributed by atoms with van der Waals surface area (Å²) in [7, 11) is 1.00. The minimum atomic E-state index is 0. The van der Waals surface area contributed by atoms with Gasteiger partial charge in [0, 0.05) is 24.2 Å². The fraction of sp³-hybridized carbons (Fsp3) is 1.00. The maximum atomic E-state index is 7.00. The van der Waals surface area contributed by atoms with Crippen molar-refractivity contribution in [2.45, 2.75) is 0 Å². The first-order valence-electron chi connectivity index (χ1n) is 0.447. The second kappa shape index (κ2) is 28.8. The molecule has 0 saturated heterocycles. The summed E-state index contributed by atoms with van der Waals surface area (Å²) < 4.78 is 0. The van der Waals surface area contributed by atoms with E-state index in [2.05, 4.69) is 0 Å². The monoisotopic (exact) mass is 121 g/mol. The number of aliphatic hydroxyl groups is 1. The average molecular weight is 122 g/mol. The van der Waals surface area contributed by atoms with Gasteiger partial charge in [0.05, 0.1) is 0 Å². The van der Waals surface area contributed by atoms with Crippen LogP contribution in [0, 0.1) is 0 Å². The second-order valence-electron chi connectivity index (χ2n) is 0. The molecule has 0 spiro atoms. The quantitative estimate of drug-likeness (QED) is 0.395. The Kier molecular flexibility index (Phi) is 135. The first-order valence-corrected chi connectivity index (χ1v) is 0.447. The smallest absolute Gasteiger partial charge is 0.316 e. The topological polar surface area (TPSA) is 20.2 Å². The van der Waals surface area contributed by atoms with Crippen LogP contribution in [0.1, 0.15) is 0 Å². The predicted molar refractivity (Wildman–Crippen MR) is 16.7 cm³/mol. The van der Waals surface area contributed by atoms with Gasteiger partial charge < -0.3 is 5.11 Å². The van der Waals surface area contributed by atoms with Crippen LogP contribution < -0.4 is 0 Å². The van der Waals surface area contributed by atoms with Crippen LogP contribution in [0.15, 0.2) is 0 Å². The Morgan fingerprint density at radius 3 is 1.25 bits per heavy atom. The van der Waals surface area contributed by atoms with Crippen molar-refractivity contribution in [3.63, 3.8) is 0 Å². The minimum Gasteiger partial charge on any atom is -0.400 e. The van der Waals surface area contributed by atoms with Crippen LogP contribution in [-0.4, -0.2) is 35.3 Å². The molecule has 0 unspecified atom stereocenters. The van der Waals surface area contributed by atoms with E-state index in [0.29, 0.717) is 0 Å². The van der Waals surface area contributed by atoms with Crippen molar-refractivity contribution < 1.29 is 22.2 Å². The second-order valence-corrected chi connectivity index (χ2v) is 0. The molecular formula is CH6CuMgO. The van der Waals surface area contributed by atoms with Crippen LogP contribution in [0.3, 0.4) is 0 Å². The summed E-state index contributed by atoms with van der Waals surface area (Å²) in [6, 6.07) is 0. The van der Waals surface area contributed by atoms with Gasteiger partial charge in [-0.15, -0.1) is 0 Å². The molecule has 4 heavy (non-hydrogen) atoms. The van der Waals surface area contributed by atoms with Gasteiger partial charge in [-0.25, -0.2) is 0 Å². The maximum absolute atomic E-state index is 7.00. The number of rotatable bonds is 0. The molecule has 0 rings (SSSR count). The van der Waals surface area contributed by atoms with E-state index < -0.39 is 0 Å². The van der Waals surface area contributed by atoms with E-state index in [9.17, 15) is 0 Å². The molecule has 0 aromatic carbocycles. The van der Waals surface area contributed by atoms with Gasteiger partial charge in [-0.05, 0) is 0 Å². The van der Waals surface area contributed by atoms with Crippen molar-refractivity contribution in [2.75, 3.05) is 7.11 Å². The van der Waals surface area contributed by atoms with Gasteiger partial charge in [0.2, 0.25) is 0 Å². The zero-order valence-electron chi connectivity index (χ0n) is 1.75. The predicted octanol–water partition coefficient (Wildman–Crippen LogP) is -1.31. The number of hydrogen-bond donors (Lipinski definition) is 1. The Morgan fingerprint density at radius 2 is 1.25 bits per heavy atom. The van der Waals surface area contributed by atoms with Gasteiger partial charge in [-0.2, -0.15) is 0 Å². The van der Waals surface area contributed by atoms with Crippen LogP contribution in [0.5, 0.6) is 0 Å². The fourth-order valence-corrected chi connectivity index (χ4v) is 0. The molecule has 0 atom stereocenters. The summed E-state index contributed by atoms with van der Waals surface area (Å²) in [5.41, 5.74) is 0. The van der Waals surface area contributed by atoms with Crippen LogP contribution >= 0.6 is 0 Å². The molecule has 0 saturated carbocycles. The third kappa shape index (κ3) is 10.5. The molecule has 0 bridgehead atoms. The Bertz CT molecular complexity index is 8.00. The van der Waals surface area contributed by atoms with Gasteiger partial charge in [0.25, 0.3) is 0 Å². The van der Waals surface area contributed by atoms with Gasteiger partial charge in [0.15, 0.2) is 0 Å². The molecule has 1 radical (unpaired) electrons. The molecule has 1 N–H and O–H groups in total. The fourth-order valence-electron chi connectivity index (χ4n) is 0. The van der Waals surface area contributed by atoms with Crippen molar-refractivity contribution in [2.24, 2.45) is 0 Å². The van der Waals surface area contributed by atoms with Gasteiger partial charge in [0.1, 0.15) is 0 Å². The number of aliphatic hydroxyl groups excluding tert-OH is 1. The summed E-state index contributed by atoms with van der Waals surface area (Å²) in [5, 5.41) is 7.00. The molecule has 0 aromatic heterocycles. The molecule has 0 aliphatic rings. The zero-order chi connectivity index (χ0) is 2.00. The molecule has 0 amide bonds. The molecule has 1 nitrogen and oxygen atoms in total. The molecule has 0 heterocycles. The van der Waals surface area contributed by atoms with Crippen molar-refractivity contribution in [3.8, 4) is 0 Å². The van der Waals surface area contributed by atoms with Gasteiger partial charge in [-0.3, -0.25) is 0 Å². The summed E-state index contributed by atoms with van der Waals surface area (Å²) in [6.45, 7) is 0. The third-order valence-electron chi connectivity index (χ3n) is 0. The number of hydrogen-bond acceptors (Lipinski definition) is 1. The Balaban J connectivity index is -0.00000000500. The van der Waals surface area contributed by atoms with Crippen molar-refractivity contribution in [1.29, 1.82) is 0 Å². The van der Waals surface area contributed by atoms with E-state index in [1.54, 1.807) is 0 Å². The Labute approximate surface area is 52.4 Å². The molecule has 3 heteroatoms. The molecule has 0 aliphatic heterocycles. The SMILES string of the molecule is CO.[Cu].[MgH2]. The summed E-state index contributed by atoms with van der Waals surface area (Å²) in [5.74, 6) is 0. The van der Waals surface area contributed by atoms with Crippen LogP contribution in [0.2, 0.25) is 0 Å². The van der Waals surface area contributed by atoms with Gasteiger partial charge >= 0.3 is 23.1 Å². The zero-order valence-corrected chi connectivity index (χ0v) is 2.69. The summed E-state index contributed by atoms with van der Waals surface area (Å²) >= 11 is 0. The normalized spacial score (nSPS) is 1.50. The van der Waals surface area contributed by atoms with Crippen molar-refractivity contribution >= 4 is 23.1 Å². The van der Waals surface area contributed by atoms with Crippen molar-refractivity contribution in [1.82, 2.24) is 0 Å². The largest absolute Gasteiger partial charge is 0.400 e.